The maximum Gasteiger partial charge on any atom is 0.224 e. The first kappa shape index (κ1) is 13.7. The van der Waals surface area contributed by atoms with Gasteiger partial charge in [0.25, 0.3) is 0 Å². The second-order valence-corrected chi connectivity index (χ2v) is 5.29. The van der Waals surface area contributed by atoms with Crippen LogP contribution in [0.25, 0.3) is 0 Å². The number of anilines is 2. The highest BCUT2D eigenvalue weighted by Gasteiger charge is 2.21. The number of nitrogens with one attached hydrogen (secondary N) is 2. The Hall–Kier alpha value is -1.32. The van der Waals surface area contributed by atoms with Gasteiger partial charge in [0.2, 0.25) is 5.95 Å². The van der Waals surface area contributed by atoms with Crippen LogP contribution >= 0.6 is 0 Å². The molecule has 0 fully saturated rings. The zero-order valence-corrected chi connectivity index (χ0v) is 11.5. The smallest absolute Gasteiger partial charge is 0.224 e. The lowest BCUT2D eigenvalue weighted by atomic mass is 9.81. The van der Waals surface area contributed by atoms with Gasteiger partial charge in [-0.3, -0.25) is 0 Å². The summed E-state index contributed by atoms with van der Waals surface area (Å²) in [6.45, 7) is 12.8. The lowest BCUT2D eigenvalue weighted by Crippen LogP contribution is -2.28. The van der Waals surface area contributed by atoms with Crippen LogP contribution in [0.3, 0.4) is 0 Å². The first-order chi connectivity index (χ1) is 7.95. The molecule has 0 amide bonds. The van der Waals surface area contributed by atoms with E-state index < -0.39 is 0 Å². The molecule has 4 heteroatoms. The van der Waals surface area contributed by atoms with Crippen LogP contribution in [0.1, 0.15) is 34.6 Å². The van der Waals surface area contributed by atoms with Gasteiger partial charge in [-0.1, -0.05) is 27.7 Å². The molecule has 0 atom stereocenters. The average Bonchev–Trinajstić information content (AvgIpc) is 2.27. The van der Waals surface area contributed by atoms with Gasteiger partial charge in [0, 0.05) is 19.3 Å². The number of rotatable bonds is 6. The lowest BCUT2D eigenvalue weighted by Gasteiger charge is -2.29. The van der Waals surface area contributed by atoms with E-state index in [0.717, 1.165) is 18.9 Å². The van der Waals surface area contributed by atoms with Crippen LogP contribution in [0.2, 0.25) is 0 Å². The molecule has 96 valence electrons. The van der Waals surface area contributed by atoms with Crippen molar-refractivity contribution in [2.45, 2.75) is 34.6 Å². The van der Waals surface area contributed by atoms with Gasteiger partial charge in [0.15, 0.2) is 0 Å². The van der Waals surface area contributed by atoms with Crippen LogP contribution < -0.4 is 10.6 Å². The molecule has 0 aliphatic rings. The molecule has 1 heterocycles. The third kappa shape index (κ3) is 4.21. The Balaban J connectivity index is 2.60. The van der Waals surface area contributed by atoms with Crippen molar-refractivity contribution in [1.82, 2.24) is 9.97 Å². The normalized spacial score (nSPS) is 11.6. The van der Waals surface area contributed by atoms with Gasteiger partial charge in [-0.25, -0.2) is 4.98 Å². The monoisotopic (exact) mass is 236 g/mol. The predicted molar refractivity (Wildman–Crippen MR) is 73.3 cm³/mol. The summed E-state index contributed by atoms with van der Waals surface area (Å²) in [5.41, 5.74) is 0.253. The van der Waals surface area contributed by atoms with Crippen molar-refractivity contribution in [3.05, 3.63) is 12.3 Å². The van der Waals surface area contributed by atoms with Crippen LogP contribution in [0.15, 0.2) is 12.3 Å². The number of hydrogen-bond donors (Lipinski definition) is 2. The molecule has 0 saturated carbocycles. The van der Waals surface area contributed by atoms with Crippen LogP contribution in [-0.2, 0) is 0 Å². The van der Waals surface area contributed by atoms with Gasteiger partial charge in [-0.15, -0.1) is 0 Å². The van der Waals surface area contributed by atoms with E-state index in [1.54, 1.807) is 6.20 Å². The fourth-order valence-electron chi connectivity index (χ4n) is 1.22. The molecule has 2 N–H and O–H groups in total. The largest absolute Gasteiger partial charge is 0.369 e. The summed E-state index contributed by atoms with van der Waals surface area (Å²) in [5.74, 6) is 2.19. The van der Waals surface area contributed by atoms with E-state index in [0.29, 0.717) is 11.9 Å². The van der Waals surface area contributed by atoms with Gasteiger partial charge in [-0.2, -0.15) is 4.98 Å². The van der Waals surface area contributed by atoms with Crippen molar-refractivity contribution in [1.29, 1.82) is 0 Å². The molecule has 0 saturated heterocycles. The molecule has 0 spiro atoms. The molecular weight excluding hydrogens is 212 g/mol. The van der Waals surface area contributed by atoms with Gasteiger partial charge in [0.05, 0.1) is 0 Å². The van der Waals surface area contributed by atoms with E-state index in [4.69, 9.17) is 0 Å². The number of hydrogen-bond acceptors (Lipinski definition) is 4. The second-order valence-electron chi connectivity index (χ2n) is 5.29. The molecule has 0 radical (unpaired) electrons. The van der Waals surface area contributed by atoms with E-state index in [2.05, 4.69) is 48.3 Å². The third-order valence-electron chi connectivity index (χ3n) is 3.28. The molecule has 0 aliphatic carbocycles. The molecular formula is C13H24N4. The standard InChI is InChI=1S/C13H24N4/c1-6-14-12-15-8-7-11(17-12)16-9-13(4,5)10(2)3/h7-8,10H,6,9H2,1-5H3,(H2,14,15,16,17). The minimum atomic E-state index is 0.253. The zero-order chi connectivity index (χ0) is 12.9. The van der Waals surface area contributed by atoms with Crippen LogP contribution in [0.4, 0.5) is 11.8 Å². The minimum Gasteiger partial charge on any atom is -0.369 e. The highest BCUT2D eigenvalue weighted by atomic mass is 15.1. The van der Waals surface area contributed by atoms with Crippen molar-refractivity contribution >= 4 is 11.8 Å². The quantitative estimate of drug-likeness (QED) is 0.797. The van der Waals surface area contributed by atoms with Crippen molar-refractivity contribution in [3.8, 4) is 0 Å². The van der Waals surface area contributed by atoms with Crippen LogP contribution in [0.5, 0.6) is 0 Å². The first-order valence-corrected chi connectivity index (χ1v) is 6.26. The highest BCUT2D eigenvalue weighted by molar-refractivity contribution is 5.39. The summed E-state index contributed by atoms with van der Waals surface area (Å²) in [4.78, 5) is 8.54. The molecule has 0 unspecified atom stereocenters. The Bertz CT molecular complexity index is 347. The molecule has 0 aliphatic heterocycles. The summed E-state index contributed by atoms with van der Waals surface area (Å²) >= 11 is 0. The zero-order valence-electron chi connectivity index (χ0n) is 11.5. The topological polar surface area (TPSA) is 49.8 Å². The molecule has 4 nitrogen and oxygen atoms in total. The minimum absolute atomic E-state index is 0.253. The maximum atomic E-state index is 4.39. The van der Waals surface area contributed by atoms with E-state index in [9.17, 15) is 0 Å². The summed E-state index contributed by atoms with van der Waals surface area (Å²) < 4.78 is 0. The summed E-state index contributed by atoms with van der Waals surface area (Å²) in [6, 6.07) is 1.90. The first-order valence-electron chi connectivity index (χ1n) is 6.26. The van der Waals surface area contributed by atoms with Crippen LogP contribution in [-0.4, -0.2) is 23.1 Å². The Morgan fingerprint density at radius 3 is 2.59 bits per heavy atom. The highest BCUT2D eigenvalue weighted by Crippen LogP contribution is 2.26. The van der Waals surface area contributed by atoms with Crippen molar-refractivity contribution in [2.24, 2.45) is 11.3 Å². The van der Waals surface area contributed by atoms with Gasteiger partial charge < -0.3 is 10.6 Å². The van der Waals surface area contributed by atoms with Gasteiger partial charge in [-0.05, 0) is 24.3 Å². The Morgan fingerprint density at radius 1 is 1.29 bits per heavy atom. The SMILES string of the molecule is CCNc1nccc(NCC(C)(C)C(C)C)n1. The lowest BCUT2D eigenvalue weighted by molar-refractivity contribution is 0.269. The molecule has 1 rings (SSSR count). The van der Waals surface area contributed by atoms with Crippen molar-refractivity contribution in [3.63, 3.8) is 0 Å². The second kappa shape index (κ2) is 5.84. The van der Waals surface area contributed by atoms with E-state index in [-0.39, 0.29) is 5.41 Å². The molecule has 1 aromatic rings. The summed E-state index contributed by atoms with van der Waals surface area (Å²) in [5, 5.41) is 6.48. The number of aromatic nitrogens is 2. The summed E-state index contributed by atoms with van der Waals surface area (Å²) in [7, 11) is 0. The van der Waals surface area contributed by atoms with E-state index in [1.165, 1.54) is 0 Å². The molecule has 0 bridgehead atoms. The third-order valence-corrected chi connectivity index (χ3v) is 3.28. The predicted octanol–water partition coefficient (Wildman–Crippen LogP) is 3.00. The Kier molecular flexibility index (Phi) is 4.73. The van der Waals surface area contributed by atoms with Gasteiger partial charge >= 0.3 is 0 Å². The molecule has 1 aromatic heterocycles. The average molecular weight is 236 g/mol. The molecule has 17 heavy (non-hydrogen) atoms. The van der Waals surface area contributed by atoms with Crippen molar-refractivity contribution < 1.29 is 0 Å². The molecule has 0 aromatic carbocycles. The van der Waals surface area contributed by atoms with E-state index >= 15 is 0 Å². The van der Waals surface area contributed by atoms with Gasteiger partial charge in [0.1, 0.15) is 5.82 Å². The van der Waals surface area contributed by atoms with E-state index in [1.807, 2.05) is 13.0 Å². The van der Waals surface area contributed by atoms with Crippen molar-refractivity contribution in [2.75, 3.05) is 23.7 Å². The maximum absolute atomic E-state index is 4.39. The Morgan fingerprint density at radius 2 is 2.00 bits per heavy atom. The summed E-state index contributed by atoms with van der Waals surface area (Å²) in [6.07, 6.45) is 1.77. The Labute approximate surface area is 104 Å². The fraction of sp³-hybridized carbons (Fsp3) is 0.692. The fourth-order valence-corrected chi connectivity index (χ4v) is 1.22. The number of nitrogens with zero attached hydrogens (tertiary/aromatic N) is 2. The van der Waals surface area contributed by atoms with Crippen LogP contribution in [0, 0.1) is 11.3 Å².